The molecular formula is C19H30IN3O2. The summed E-state index contributed by atoms with van der Waals surface area (Å²) in [5, 5.41) is 9.53. The Morgan fingerprint density at radius 2 is 1.96 bits per heavy atom. The predicted molar refractivity (Wildman–Crippen MR) is 110 cm³/mol. The van der Waals surface area contributed by atoms with Gasteiger partial charge in [0.2, 0.25) is 5.91 Å². The van der Waals surface area contributed by atoms with Crippen LogP contribution in [-0.2, 0) is 16.1 Å². The first-order chi connectivity index (χ1) is 12.3. The molecule has 1 saturated carbocycles. The van der Waals surface area contributed by atoms with Gasteiger partial charge >= 0.3 is 0 Å². The van der Waals surface area contributed by atoms with Crippen LogP contribution < -0.4 is 16.0 Å². The SMILES string of the molecule is O=C(NCCNCc1ccccc1)C(COCC1CCCC1)NCI. The van der Waals surface area contributed by atoms with E-state index < -0.39 is 0 Å². The number of benzene rings is 1. The fraction of sp³-hybridized carbons (Fsp3) is 0.632. The molecule has 1 aromatic carbocycles. The van der Waals surface area contributed by atoms with E-state index in [4.69, 9.17) is 4.74 Å². The third-order valence-electron chi connectivity index (χ3n) is 4.53. The Balaban J connectivity index is 1.58. The lowest BCUT2D eigenvalue weighted by molar-refractivity contribution is -0.124. The van der Waals surface area contributed by atoms with E-state index in [1.165, 1.54) is 31.2 Å². The molecule has 0 radical (unpaired) electrons. The minimum absolute atomic E-state index is 0.0181. The third-order valence-corrected chi connectivity index (χ3v) is 4.97. The number of nitrogens with one attached hydrogen (secondary N) is 3. The second-order valence-electron chi connectivity index (χ2n) is 6.53. The monoisotopic (exact) mass is 459 g/mol. The molecule has 1 fully saturated rings. The average Bonchev–Trinajstić information content (AvgIpc) is 3.15. The first kappa shape index (κ1) is 20.6. The molecule has 140 valence electrons. The van der Waals surface area contributed by atoms with Crippen molar-refractivity contribution >= 4 is 28.5 Å². The van der Waals surface area contributed by atoms with Crippen LogP contribution in [0.5, 0.6) is 0 Å². The van der Waals surface area contributed by atoms with Gasteiger partial charge < -0.3 is 15.4 Å². The summed E-state index contributed by atoms with van der Waals surface area (Å²) >= 11 is 2.22. The van der Waals surface area contributed by atoms with Gasteiger partial charge in [-0.1, -0.05) is 65.8 Å². The summed E-state index contributed by atoms with van der Waals surface area (Å²) in [4.78, 5) is 12.3. The first-order valence-corrected chi connectivity index (χ1v) is 10.7. The number of alkyl halides is 1. The van der Waals surface area contributed by atoms with Crippen molar-refractivity contribution in [3.8, 4) is 0 Å². The van der Waals surface area contributed by atoms with Crippen molar-refractivity contribution in [3.05, 3.63) is 35.9 Å². The topological polar surface area (TPSA) is 62.4 Å². The van der Waals surface area contributed by atoms with Crippen molar-refractivity contribution in [1.29, 1.82) is 0 Å². The van der Waals surface area contributed by atoms with Gasteiger partial charge in [0.1, 0.15) is 6.04 Å². The molecule has 0 aliphatic heterocycles. The molecule has 1 unspecified atom stereocenters. The molecular weight excluding hydrogens is 429 g/mol. The maximum Gasteiger partial charge on any atom is 0.239 e. The van der Waals surface area contributed by atoms with Crippen LogP contribution in [0.1, 0.15) is 31.2 Å². The van der Waals surface area contributed by atoms with Gasteiger partial charge in [0.25, 0.3) is 0 Å². The summed E-state index contributed by atoms with van der Waals surface area (Å²) in [7, 11) is 0. The van der Waals surface area contributed by atoms with E-state index >= 15 is 0 Å². The fourth-order valence-corrected chi connectivity index (χ4v) is 3.61. The molecule has 0 saturated heterocycles. The number of rotatable bonds is 12. The van der Waals surface area contributed by atoms with E-state index in [1.807, 2.05) is 18.2 Å². The molecule has 3 N–H and O–H groups in total. The van der Waals surface area contributed by atoms with Crippen molar-refractivity contribution in [2.24, 2.45) is 5.92 Å². The Bertz CT molecular complexity index is 481. The van der Waals surface area contributed by atoms with Gasteiger partial charge in [-0.25, -0.2) is 0 Å². The van der Waals surface area contributed by atoms with Crippen LogP contribution >= 0.6 is 22.6 Å². The molecule has 25 heavy (non-hydrogen) atoms. The summed E-state index contributed by atoms with van der Waals surface area (Å²) < 4.78 is 6.53. The zero-order valence-electron chi connectivity index (χ0n) is 14.8. The Morgan fingerprint density at radius 1 is 1.20 bits per heavy atom. The smallest absolute Gasteiger partial charge is 0.239 e. The van der Waals surface area contributed by atoms with Crippen molar-refractivity contribution in [2.45, 2.75) is 38.3 Å². The van der Waals surface area contributed by atoms with Crippen LogP contribution in [0.2, 0.25) is 0 Å². The highest BCUT2D eigenvalue weighted by Gasteiger charge is 2.19. The Labute approximate surface area is 164 Å². The molecule has 1 aliphatic rings. The van der Waals surface area contributed by atoms with Crippen LogP contribution in [0.3, 0.4) is 0 Å². The summed E-state index contributed by atoms with van der Waals surface area (Å²) in [6.45, 7) is 3.42. The van der Waals surface area contributed by atoms with Gasteiger partial charge in [-0.05, 0) is 24.3 Å². The lowest BCUT2D eigenvalue weighted by Gasteiger charge is -2.19. The zero-order valence-corrected chi connectivity index (χ0v) is 17.0. The highest BCUT2D eigenvalue weighted by atomic mass is 127. The fourth-order valence-electron chi connectivity index (χ4n) is 3.08. The van der Waals surface area contributed by atoms with Gasteiger partial charge in [-0.3, -0.25) is 10.1 Å². The molecule has 5 nitrogen and oxygen atoms in total. The van der Waals surface area contributed by atoms with Crippen molar-refractivity contribution in [1.82, 2.24) is 16.0 Å². The van der Waals surface area contributed by atoms with Crippen molar-refractivity contribution < 1.29 is 9.53 Å². The van der Waals surface area contributed by atoms with Gasteiger partial charge in [0.15, 0.2) is 0 Å². The molecule has 1 aliphatic carbocycles. The second kappa shape index (κ2) is 12.6. The largest absolute Gasteiger partial charge is 0.379 e. The maximum atomic E-state index is 12.3. The summed E-state index contributed by atoms with van der Waals surface area (Å²) in [5.74, 6) is 0.704. The van der Waals surface area contributed by atoms with E-state index in [0.717, 1.165) is 24.2 Å². The zero-order chi connectivity index (χ0) is 17.7. The molecule has 1 amide bonds. The molecule has 0 heterocycles. The summed E-state index contributed by atoms with van der Waals surface area (Å²) in [6.07, 6.45) is 5.17. The van der Waals surface area contributed by atoms with Crippen LogP contribution in [-0.4, -0.2) is 42.8 Å². The van der Waals surface area contributed by atoms with Crippen molar-refractivity contribution in [3.63, 3.8) is 0 Å². The van der Waals surface area contributed by atoms with E-state index in [0.29, 0.717) is 19.1 Å². The normalized spacial score (nSPS) is 16.0. The van der Waals surface area contributed by atoms with E-state index in [-0.39, 0.29) is 11.9 Å². The number of carbonyl (C=O) groups excluding carboxylic acids is 1. The van der Waals surface area contributed by atoms with E-state index in [2.05, 4.69) is 50.7 Å². The molecule has 6 heteroatoms. The molecule has 1 aromatic rings. The standard InChI is InChI=1S/C19H30IN3O2/c20-15-23-18(14-25-13-17-8-4-5-9-17)19(24)22-11-10-21-12-16-6-2-1-3-7-16/h1-3,6-7,17-18,21,23H,4-5,8-15H2,(H,22,24). The van der Waals surface area contributed by atoms with Gasteiger partial charge in [-0.2, -0.15) is 0 Å². The quantitative estimate of drug-likeness (QED) is 0.195. The average molecular weight is 459 g/mol. The van der Waals surface area contributed by atoms with Gasteiger partial charge in [0, 0.05) is 30.8 Å². The number of halogens is 1. The predicted octanol–water partition coefficient (Wildman–Crippen LogP) is 2.45. The Morgan fingerprint density at radius 3 is 2.68 bits per heavy atom. The lowest BCUT2D eigenvalue weighted by Crippen LogP contribution is -2.48. The molecule has 1 atom stereocenters. The van der Waals surface area contributed by atoms with E-state index in [1.54, 1.807) is 0 Å². The van der Waals surface area contributed by atoms with E-state index in [9.17, 15) is 4.79 Å². The highest BCUT2D eigenvalue weighted by Crippen LogP contribution is 2.24. The van der Waals surface area contributed by atoms with Crippen LogP contribution in [0, 0.1) is 5.92 Å². The Kier molecular flexibility index (Phi) is 10.4. The number of ether oxygens (including phenoxy) is 1. The second-order valence-corrected chi connectivity index (χ2v) is 7.29. The highest BCUT2D eigenvalue weighted by molar-refractivity contribution is 14.1. The molecule has 0 aromatic heterocycles. The van der Waals surface area contributed by atoms with Gasteiger partial charge in [0.05, 0.1) is 6.61 Å². The minimum atomic E-state index is -0.271. The first-order valence-electron chi connectivity index (χ1n) is 9.19. The van der Waals surface area contributed by atoms with Crippen molar-refractivity contribution in [2.75, 3.05) is 30.9 Å². The summed E-state index contributed by atoms with van der Waals surface area (Å²) in [5.41, 5.74) is 1.25. The lowest BCUT2D eigenvalue weighted by atomic mass is 10.1. The molecule has 0 spiro atoms. The number of hydrogen-bond acceptors (Lipinski definition) is 4. The number of carbonyl (C=O) groups is 1. The minimum Gasteiger partial charge on any atom is -0.379 e. The maximum absolute atomic E-state index is 12.3. The summed E-state index contributed by atoms with van der Waals surface area (Å²) in [6, 6.07) is 9.99. The Hall–Kier alpha value is -0.700. The number of amides is 1. The molecule has 2 rings (SSSR count). The van der Waals surface area contributed by atoms with Crippen LogP contribution in [0.25, 0.3) is 0 Å². The third kappa shape index (κ3) is 8.48. The van der Waals surface area contributed by atoms with Crippen LogP contribution in [0.15, 0.2) is 30.3 Å². The van der Waals surface area contributed by atoms with Crippen LogP contribution in [0.4, 0.5) is 0 Å². The molecule has 0 bridgehead atoms. The number of hydrogen-bond donors (Lipinski definition) is 3. The van der Waals surface area contributed by atoms with Gasteiger partial charge in [-0.15, -0.1) is 0 Å².